The largest absolute Gasteiger partial charge is 0.324 e. The molecule has 4 heteroatoms. The van der Waals surface area contributed by atoms with Gasteiger partial charge in [-0.05, 0) is 23.6 Å². The third-order valence-corrected chi connectivity index (χ3v) is 3.59. The normalized spacial score (nSPS) is 11.7. The van der Waals surface area contributed by atoms with Crippen LogP contribution in [-0.4, -0.2) is 9.78 Å². The van der Waals surface area contributed by atoms with Crippen LogP contribution >= 0.6 is 12.4 Å². The molecule has 2 N–H and O–H groups in total. The van der Waals surface area contributed by atoms with Crippen molar-refractivity contribution in [3.05, 3.63) is 78.1 Å². The van der Waals surface area contributed by atoms with Gasteiger partial charge in [0, 0.05) is 17.8 Å². The highest BCUT2D eigenvalue weighted by Crippen LogP contribution is 2.21. The van der Waals surface area contributed by atoms with Gasteiger partial charge in [-0.1, -0.05) is 54.6 Å². The second-order valence-corrected chi connectivity index (χ2v) is 5.32. The van der Waals surface area contributed by atoms with Gasteiger partial charge in [-0.3, -0.25) is 4.68 Å². The van der Waals surface area contributed by atoms with E-state index < -0.39 is 0 Å². The molecule has 3 aromatic rings. The summed E-state index contributed by atoms with van der Waals surface area (Å²) in [4.78, 5) is 0. The SMILES string of the molecule is CC(N)c1ccc(-c2cnn(Cc3ccccc3)c2)cc1.Cl. The van der Waals surface area contributed by atoms with E-state index in [0.29, 0.717) is 0 Å². The average molecular weight is 314 g/mol. The fraction of sp³-hybridized carbons (Fsp3) is 0.167. The maximum Gasteiger partial charge on any atom is 0.0659 e. The summed E-state index contributed by atoms with van der Waals surface area (Å²) in [5.41, 5.74) is 10.6. The van der Waals surface area contributed by atoms with Crippen LogP contribution < -0.4 is 5.73 Å². The van der Waals surface area contributed by atoms with E-state index >= 15 is 0 Å². The summed E-state index contributed by atoms with van der Waals surface area (Å²) in [6.07, 6.45) is 3.98. The van der Waals surface area contributed by atoms with Gasteiger partial charge in [-0.2, -0.15) is 5.10 Å². The Morgan fingerprint density at radius 2 is 1.68 bits per heavy atom. The van der Waals surface area contributed by atoms with E-state index in [2.05, 4.69) is 47.7 Å². The first kappa shape index (κ1) is 16.3. The molecule has 0 aliphatic rings. The zero-order valence-corrected chi connectivity index (χ0v) is 13.3. The van der Waals surface area contributed by atoms with Crippen LogP contribution in [0.4, 0.5) is 0 Å². The van der Waals surface area contributed by atoms with E-state index in [4.69, 9.17) is 5.73 Å². The molecule has 0 aliphatic carbocycles. The second kappa shape index (κ2) is 7.25. The minimum Gasteiger partial charge on any atom is -0.324 e. The molecule has 1 heterocycles. The van der Waals surface area contributed by atoms with Crippen molar-refractivity contribution in [3.63, 3.8) is 0 Å². The Labute approximate surface area is 137 Å². The van der Waals surface area contributed by atoms with Crippen LogP contribution in [0.3, 0.4) is 0 Å². The summed E-state index contributed by atoms with van der Waals surface area (Å²) in [6.45, 7) is 2.78. The highest BCUT2D eigenvalue weighted by Gasteiger charge is 2.04. The smallest absolute Gasteiger partial charge is 0.0659 e. The molecule has 0 bridgehead atoms. The third-order valence-electron chi connectivity index (χ3n) is 3.59. The maximum absolute atomic E-state index is 5.88. The van der Waals surface area contributed by atoms with E-state index in [9.17, 15) is 0 Å². The maximum atomic E-state index is 5.88. The van der Waals surface area contributed by atoms with Gasteiger partial charge < -0.3 is 5.73 Å². The molecule has 3 rings (SSSR count). The van der Waals surface area contributed by atoms with Gasteiger partial charge in [0.1, 0.15) is 0 Å². The first-order valence-electron chi connectivity index (χ1n) is 7.14. The van der Waals surface area contributed by atoms with Gasteiger partial charge in [0.2, 0.25) is 0 Å². The van der Waals surface area contributed by atoms with Crippen LogP contribution in [0.2, 0.25) is 0 Å². The van der Waals surface area contributed by atoms with Crippen molar-refractivity contribution in [2.45, 2.75) is 19.5 Å². The number of hydrogen-bond donors (Lipinski definition) is 1. The van der Waals surface area contributed by atoms with Crippen LogP contribution in [0.5, 0.6) is 0 Å². The fourth-order valence-corrected chi connectivity index (χ4v) is 2.35. The van der Waals surface area contributed by atoms with E-state index in [-0.39, 0.29) is 18.4 Å². The molecule has 1 aromatic heterocycles. The van der Waals surface area contributed by atoms with Crippen molar-refractivity contribution in [1.29, 1.82) is 0 Å². The average Bonchev–Trinajstić information content (AvgIpc) is 2.97. The van der Waals surface area contributed by atoms with Crippen molar-refractivity contribution in [3.8, 4) is 11.1 Å². The quantitative estimate of drug-likeness (QED) is 0.790. The van der Waals surface area contributed by atoms with Gasteiger partial charge in [0.05, 0.1) is 12.7 Å². The number of benzene rings is 2. The molecule has 0 saturated carbocycles. The van der Waals surface area contributed by atoms with E-state index in [1.807, 2.05) is 36.0 Å². The summed E-state index contributed by atoms with van der Waals surface area (Å²) >= 11 is 0. The highest BCUT2D eigenvalue weighted by molar-refractivity contribution is 5.85. The molecule has 1 unspecified atom stereocenters. The number of halogens is 1. The summed E-state index contributed by atoms with van der Waals surface area (Å²) in [6, 6.07) is 18.8. The van der Waals surface area contributed by atoms with Crippen molar-refractivity contribution < 1.29 is 0 Å². The van der Waals surface area contributed by atoms with E-state index in [0.717, 1.165) is 17.7 Å². The molecule has 2 aromatic carbocycles. The van der Waals surface area contributed by atoms with Gasteiger partial charge in [-0.15, -0.1) is 12.4 Å². The van der Waals surface area contributed by atoms with Crippen molar-refractivity contribution in [2.24, 2.45) is 5.73 Å². The minimum atomic E-state index is 0. The molecule has 1 atom stereocenters. The van der Waals surface area contributed by atoms with Crippen LogP contribution in [0.1, 0.15) is 24.1 Å². The molecule has 0 saturated heterocycles. The second-order valence-electron chi connectivity index (χ2n) is 5.32. The molecule has 114 valence electrons. The first-order chi connectivity index (χ1) is 10.2. The lowest BCUT2D eigenvalue weighted by Crippen LogP contribution is -2.04. The Hall–Kier alpha value is -2.10. The van der Waals surface area contributed by atoms with Gasteiger partial charge in [0.25, 0.3) is 0 Å². The third kappa shape index (κ3) is 3.75. The van der Waals surface area contributed by atoms with Crippen molar-refractivity contribution in [2.75, 3.05) is 0 Å². The van der Waals surface area contributed by atoms with Gasteiger partial charge in [-0.25, -0.2) is 0 Å². The zero-order valence-electron chi connectivity index (χ0n) is 12.5. The van der Waals surface area contributed by atoms with Gasteiger partial charge in [0.15, 0.2) is 0 Å². The predicted octanol–water partition coefficient (Wildman–Crippen LogP) is 4.04. The van der Waals surface area contributed by atoms with Crippen molar-refractivity contribution in [1.82, 2.24) is 9.78 Å². The molecule has 0 aliphatic heterocycles. The summed E-state index contributed by atoms with van der Waals surface area (Å²) in [5, 5.41) is 4.44. The van der Waals surface area contributed by atoms with Crippen LogP contribution in [0.15, 0.2) is 67.0 Å². The van der Waals surface area contributed by atoms with Crippen LogP contribution in [0.25, 0.3) is 11.1 Å². The number of rotatable bonds is 4. The monoisotopic (exact) mass is 313 g/mol. The van der Waals surface area contributed by atoms with Crippen LogP contribution in [0, 0.1) is 0 Å². The molecule has 0 spiro atoms. The fourth-order valence-electron chi connectivity index (χ4n) is 2.35. The Balaban J connectivity index is 0.00000176. The Morgan fingerprint density at radius 3 is 2.32 bits per heavy atom. The number of hydrogen-bond acceptors (Lipinski definition) is 2. The topological polar surface area (TPSA) is 43.8 Å². The zero-order chi connectivity index (χ0) is 14.7. The lowest BCUT2D eigenvalue weighted by Gasteiger charge is -2.05. The van der Waals surface area contributed by atoms with Crippen molar-refractivity contribution >= 4 is 12.4 Å². The molecule has 22 heavy (non-hydrogen) atoms. The van der Waals surface area contributed by atoms with Crippen LogP contribution in [-0.2, 0) is 6.54 Å². The molecule has 0 fully saturated rings. The summed E-state index contributed by atoms with van der Waals surface area (Å²) in [5.74, 6) is 0. The minimum absolute atomic E-state index is 0. The molecule has 0 amide bonds. The predicted molar refractivity (Wildman–Crippen MR) is 93.1 cm³/mol. The number of nitrogens with two attached hydrogens (primary N) is 1. The highest BCUT2D eigenvalue weighted by atomic mass is 35.5. The number of aromatic nitrogens is 2. The molecular formula is C18H20ClN3. The summed E-state index contributed by atoms with van der Waals surface area (Å²) < 4.78 is 1.96. The summed E-state index contributed by atoms with van der Waals surface area (Å²) in [7, 11) is 0. The first-order valence-corrected chi connectivity index (χ1v) is 7.14. The lowest BCUT2D eigenvalue weighted by molar-refractivity contribution is 0.687. The molecular weight excluding hydrogens is 294 g/mol. The Kier molecular flexibility index (Phi) is 5.36. The molecule has 3 nitrogen and oxygen atoms in total. The van der Waals surface area contributed by atoms with E-state index in [1.165, 1.54) is 11.1 Å². The lowest BCUT2D eigenvalue weighted by atomic mass is 10.0. The number of nitrogens with zero attached hydrogens (tertiary/aromatic N) is 2. The van der Waals surface area contributed by atoms with Gasteiger partial charge >= 0.3 is 0 Å². The molecule has 0 radical (unpaired) electrons. The standard InChI is InChI=1S/C18H19N3.ClH/c1-14(19)16-7-9-17(10-8-16)18-11-20-21(13-18)12-15-5-3-2-4-6-15;/h2-11,13-14H,12,19H2,1H3;1H. The Morgan fingerprint density at radius 1 is 1.00 bits per heavy atom. The van der Waals surface area contributed by atoms with E-state index in [1.54, 1.807) is 0 Å². The Bertz CT molecular complexity index is 703.